The number of aliphatic imine (C=N–C) groups is 1. The van der Waals surface area contributed by atoms with E-state index >= 15 is 0 Å². The van der Waals surface area contributed by atoms with Crippen molar-refractivity contribution in [3.05, 3.63) is 58.4 Å². The lowest BCUT2D eigenvalue weighted by molar-refractivity contribution is 0.0988. The van der Waals surface area contributed by atoms with Crippen LogP contribution in [0.2, 0.25) is 5.02 Å². The summed E-state index contributed by atoms with van der Waals surface area (Å²) in [5.41, 5.74) is 5.23. The summed E-state index contributed by atoms with van der Waals surface area (Å²) >= 11 is 6.62. The highest BCUT2D eigenvalue weighted by molar-refractivity contribution is 8.15. The van der Waals surface area contributed by atoms with Crippen molar-refractivity contribution in [3.8, 4) is 0 Å². The summed E-state index contributed by atoms with van der Waals surface area (Å²) in [7, 11) is 0. The summed E-state index contributed by atoms with van der Waals surface area (Å²) in [4.78, 5) is 24.5. The molecule has 1 aliphatic heterocycles. The Morgan fingerprint density at radius 2 is 2.14 bits per heavy atom. The highest BCUT2D eigenvalue weighted by Gasteiger charge is 2.71. The molecule has 0 spiro atoms. The number of rotatable bonds is 5. The predicted octanol–water partition coefficient (Wildman–Crippen LogP) is 4.00. The third-order valence-electron chi connectivity index (χ3n) is 5.46. The monoisotopic (exact) mass is 440 g/mol. The molecule has 0 aromatic carbocycles. The molecule has 0 unspecified atom stereocenters. The van der Waals surface area contributed by atoms with Gasteiger partial charge in [-0.2, -0.15) is 4.39 Å². The molecule has 29 heavy (non-hydrogen) atoms. The molecule has 3 heterocycles. The molecule has 2 aliphatic rings. The zero-order chi connectivity index (χ0) is 21.0. The maximum Gasteiger partial charge on any atom is 0.253 e. The molecule has 5 nitrogen and oxygen atoms in total. The van der Waals surface area contributed by atoms with Gasteiger partial charge in [0.05, 0.1) is 15.3 Å². The fourth-order valence-corrected chi connectivity index (χ4v) is 5.31. The quantitative estimate of drug-likeness (QED) is 0.561. The predicted molar refractivity (Wildman–Crippen MR) is 105 cm³/mol. The number of amidine groups is 1. The largest absolute Gasteiger partial charge is 0.378 e. The number of alkyl halides is 2. The van der Waals surface area contributed by atoms with Gasteiger partial charge >= 0.3 is 0 Å². The molecule has 0 bridgehead atoms. The van der Waals surface area contributed by atoms with E-state index in [2.05, 4.69) is 15.0 Å². The van der Waals surface area contributed by atoms with Gasteiger partial charge in [-0.15, -0.1) is 0 Å². The minimum Gasteiger partial charge on any atom is -0.378 e. The summed E-state index contributed by atoms with van der Waals surface area (Å²) in [5.74, 6) is -1.69. The third kappa shape index (κ3) is 3.40. The average Bonchev–Trinajstić information content (AvgIpc) is 3.40. The van der Waals surface area contributed by atoms with Gasteiger partial charge in [0.25, 0.3) is 6.43 Å². The van der Waals surface area contributed by atoms with Gasteiger partial charge in [0, 0.05) is 30.3 Å². The zero-order valence-corrected chi connectivity index (χ0v) is 16.8. The molecule has 1 fully saturated rings. The first-order valence-electron chi connectivity index (χ1n) is 8.78. The SMILES string of the molecule is C[C@]1(c2cc(CC(=O)c3ccc(Cl)cn3)cnc2F)N=C(N)S[C@@]2(C(F)F)C[C@@H]12. The minimum atomic E-state index is -2.61. The molecule has 3 atom stereocenters. The van der Waals surface area contributed by atoms with Crippen LogP contribution in [0.1, 0.15) is 35.0 Å². The first-order chi connectivity index (χ1) is 13.7. The van der Waals surface area contributed by atoms with Gasteiger partial charge in [-0.1, -0.05) is 23.4 Å². The van der Waals surface area contributed by atoms with E-state index in [1.165, 1.54) is 24.5 Å². The minimum absolute atomic E-state index is 0.00667. The topological polar surface area (TPSA) is 81.2 Å². The normalized spacial score (nSPS) is 28.1. The number of halogens is 4. The van der Waals surface area contributed by atoms with Gasteiger partial charge in [-0.3, -0.25) is 14.8 Å². The zero-order valence-electron chi connectivity index (χ0n) is 15.2. The second-order valence-corrected chi connectivity index (χ2v) is 9.17. The van der Waals surface area contributed by atoms with Crippen molar-refractivity contribution in [2.45, 2.75) is 36.5 Å². The van der Waals surface area contributed by atoms with E-state index in [4.69, 9.17) is 17.3 Å². The third-order valence-corrected chi connectivity index (χ3v) is 6.99. The first kappa shape index (κ1) is 20.2. The van der Waals surface area contributed by atoms with Crippen LogP contribution in [-0.4, -0.2) is 32.1 Å². The second kappa shape index (κ2) is 6.98. The Morgan fingerprint density at radius 3 is 2.79 bits per heavy atom. The summed E-state index contributed by atoms with van der Waals surface area (Å²) < 4.78 is 40.6. The number of thioether (sulfide) groups is 1. The number of hydrogen-bond acceptors (Lipinski definition) is 6. The molecule has 0 amide bonds. The van der Waals surface area contributed by atoms with Crippen molar-refractivity contribution in [1.82, 2.24) is 9.97 Å². The smallest absolute Gasteiger partial charge is 0.253 e. The van der Waals surface area contributed by atoms with Crippen LogP contribution in [0, 0.1) is 11.9 Å². The lowest BCUT2D eigenvalue weighted by atomic mass is 9.86. The Balaban J connectivity index is 1.66. The summed E-state index contributed by atoms with van der Waals surface area (Å²) in [6.07, 6.45) is 0.0890. The fourth-order valence-electron chi connectivity index (χ4n) is 3.87. The Bertz CT molecular complexity index is 1020. The van der Waals surface area contributed by atoms with Crippen LogP contribution in [0.4, 0.5) is 13.2 Å². The van der Waals surface area contributed by atoms with Crippen molar-refractivity contribution in [3.63, 3.8) is 0 Å². The molecule has 4 rings (SSSR count). The molecule has 10 heteroatoms. The molecule has 2 aromatic rings. The van der Waals surface area contributed by atoms with Gasteiger partial charge in [0.15, 0.2) is 11.0 Å². The lowest BCUT2D eigenvalue weighted by Gasteiger charge is -2.33. The summed E-state index contributed by atoms with van der Waals surface area (Å²) in [5, 5.41) is 0.394. The van der Waals surface area contributed by atoms with Crippen LogP contribution in [0.15, 0.2) is 35.6 Å². The molecule has 2 aromatic heterocycles. The van der Waals surface area contributed by atoms with Gasteiger partial charge in [0.1, 0.15) is 5.69 Å². The van der Waals surface area contributed by atoms with E-state index in [0.29, 0.717) is 10.6 Å². The van der Waals surface area contributed by atoms with Crippen LogP contribution >= 0.6 is 23.4 Å². The Labute approximate surface area is 174 Å². The first-order valence-corrected chi connectivity index (χ1v) is 9.97. The number of ketones is 1. The molecule has 1 aliphatic carbocycles. The number of nitrogens with two attached hydrogens (primary N) is 1. The number of fused-ring (bicyclic) bond motifs is 1. The van der Waals surface area contributed by atoms with Crippen LogP contribution in [0.5, 0.6) is 0 Å². The summed E-state index contributed by atoms with van der Waals surface area (Å²) in [6, 6.07) is 4.50. The number of Topliss-reactive ketones (excluding diaryl/α,β-unsaturated/α-hetero) is 1. The van der Waals surface area contributed by atoms with E-state index < -0.39 is 28.6 Å². The van der Waals surface area contributed by atoms with Crippen LogP contribution < -0.4 is 5.73 Å². The van der Waals surface area contributed by atoms with Crippen LogP contribution in [0.25, 0.3) is 0 Å². The van der Waals surface area contributed by atoms with Gasteiger partial charge in [0.2, 0.25) is 5.95 Å². The number of carbonyl (C=O) groups excluding carboxylic acids is 1. The fraction of sp³-hybridized carbons (Fsp3) is 0.368. The van der Waals surface area contributed by atoms with Crippen LogP contribution in [0.3, 0.4) is 0 Å². The van der Waals surface area contributed by atoms with E-state index in [9.17, 15) is 18.0 Å². The highest BCUT2D eigenvalue weighted by Crippen LogP contribution is 2.68. The van der Waals surface area contributed by atoms with Gasteiger partial charge in [-0.05, 0) is 37.1 Å². The van der Waals surface area contributed by atoms with Crippen molar-refractivity contribution in [2.75, 3.05) is 0 Å². The Morgan fingerprint density at radius 1 is 1.38 bits per heavy atom. The second-order valence-electron chi connectivity index (χ2n) is 7.36. The molecule has 0 radical (unpaired) electrons. The van der Waals surface area contributed by atoms with Gasteiger partial charge < -0.3 is 5.73 Å². The van der Waals surface area contributed by atoms with Crippen molar-refractivity contribution >= 4 is 34.3 Å². The highest BCUT2D eigenvalue weighted by atomic mass is 35.5. The average molecular weight is 441 g/mol. The van der Waals surface area contributed by atoms with Crippen molar-refractivity contribution < 1.29 is 18.0 Å². The Hall–Kier alpha value is -2.13. The summed E-state index contributed by atoms with van der Waals surface area (Å²) in [6.45, 7) is 1.58. The van der Waals surface area contributed by atoms with E-state index in [0.717, 1.165) is 11.8 Å². The van der Waals surface area contributed by atoms with Gasteiger partial charge in [-0.25, -0.2) is 13.8 Å². The number of nitrogens with zero attached hydrogens (tertiary/aromatic N) is 3. The number of carbonyl (C=O) groups is 1. The molecule has 152 valence electrons. The maximum atomic E-state index is 14.6. The number of pyridine rings is 2. The molecular formula is C19H16ClF3N4OS. The maximum absolute atomic E-state index is 14.6. The van der Waals surface area contributed by atoms with E-state index in [1.807, 2.05) is 0 Å². The lowest BCUT2D eigenvalue weighted by Crippen LogP contribution is -2.39. The standard InChI is InChI=1S/C19H16ClF3N4OS/c1-18(14-6-19(14,16(22)23)29-17(24)27-18)11-4-9(7-26-15(11)21)5-13(28)12-3-2-10(20)8-25-12/h2-4,7-8,14,16H,5-6H2,1H3,(H2,24,27)/t14-,18+,19-/m0/s1. The molecule has 0 saturated heterocycles. The molecular weight excluding hydrogens is 425 g/mol. The van der Waals surface area contributed by atoms with E-state index in [-0.39, 0.29) is 35.0 Å². The van der Waals surface area contributed by atoms with Crippen molar-refractivity contribution in [1.29, 1.82) is 0 Å². The van der Waals surface area contributed by atoms with E-state index in [1.54, 1.807) is 13.0 Å². The molecule has 1 saturated carbocycles. The van der Waals surface area contributed by atoms with Crippen LogP contribution in [-0.2, 0) is 12.0 Å². The number of aromatic nitrogens is 2. The number of hydrogen-bond donors (Lipinski definition) is 1. The molecule has 2 N–H and O–H groups in total. The van der Waals surface area contributed by atoms with Crippen molar-refractivity contribution in [2.24, 2.45) is 16.6 Å². The Kier molecular flexibility index (Phi) is 4.85.